The van der Waals surface area contributed by atoms with Crippen LogP contribution in [0.5, 0.6) is 11.5 Å². The molecule has 5 bridgehead atoms. The maximum atomic E-state index is 14.0. The van der Waals surface area contributed by atoms with E-state index in [-0.39, 0.29) is 25.0 Å². The molecule has 1 spiro atoms. The number of nitrogens with zero attached hydrogens (tertiary/aromatic N) is 1. The van der Waals surface area contributed by atoms with Crippen LogP contribution in [0.15, 0.2) is 54.6 Å². The molecule has 6 nitrogen and oxygen atoms in total. The second-order valence-corrected chi connectivity index (χ2v) is 8.97. The fourth-order valence-electron chi connectivity index (χ4n) is 5.33. The van der Waals surface area contributed by atoms with Crippen molar-refractivity contribution < 1.29 is 19.1 Å². The van der Waals surface area contributed by atoms with Crippen molar-refractivity contribution in [2.24, 2.45) is 0 Å². The molecule has 4 heterocycles. The lowest BCUT2D eigenvalue weighted by atomic mass is 9.76. The number of aryl methyl sites for hydroxylation is 2. The van der Waals surface area contributed by atoms with E-state index >= 15 is 0 Å². The molecule has 0 saturated carbocycles. The van der Waals surface area contributed by atoms with Crippen LogP contribution >= 0.6 is 0 Å². The second-order valence-electron chi connectivity index (χ2n) is 8.97. The third kappa shape index (κ3) is 2.80. The second kappa shape index (κ2) is 7.10. The van der Waals surface area contributed by atoms with Gasteiger partial charge in [-0.2, -0.15) is 0 Å². The number of ether oxygens (including phenoxy) is 2. The van der Waals surface area contributed by atoms with Crippen LogP contribution in [-0.4, -0.2) is 31.6 Å². The van der Waals surface area contributed by atoms with E-state index in [4.69, 9.17) is 9.47 Å². The van der Waals surface area contributed by atoms with Crippen LogP contribution in [0.3, 0.4) is 0 Å². The van der Waals surface area contributed by atoms with Crippen LogP contribution in [0.25, 0.3) is 0 Å². The van der Waals surface area contributed by atoms with Crippen molar-refractivity contribution in [3.8, 4) is 11.5 Å². The minimum absolute atomic E-state index is 0.0612. The van der Waals surface area contributed by atoms with Crippen LogP contribution in [0.2, 0.25) is 0 Å². The van der Waals surface area contributed by atoms with E-state index in [1.807, 2.05) is 68.4 Å². The molecule has 0 aliphatic carbocycles. The van der Waals surface area contributed by atoms with Crippen molar-refractivity contribution >= 4 is 23.2 Å². The monoisotopic (exact) mass is 440 g/mol. The lowest BCUT2D eigenvalue weighted by molar-refractivity contribution is -0.124. The Morgan fingerprint density at radius 3 is 2.64 bits per heavy atom. The van der Waals surface area contributed by atoms with Gasteiger partial charge in [0.1, 0.15) is 30.1 Å². The molecule has 0 fully saturated rings. The summed E-state index contributed by atoms with van der Waals surface area (Å²) in [6, 6.07) is 17.6. The molecule has 0 saturated heterocycles. The average molecular weight is 440 g/mol. The smallest absolute Gasteiger partial charge is 0.246 e. The van der Waals surface area contributed by atoms with Gasteiger partial charge in [-0.3, -0.25) is 9.59 Å². The number of carbonyl (C=O) groups is 2. The Hall–Kier alpha value is -3.80. The summed E-state index contributed by atoms with van der Waals surface area (Å²) in [6.07, 6.45) is 0.643. The van der Waals surface area contributed by atoms with Crippen LogP contribution in [-0.2, 0) is 21.4 Å². The molecule has 2 amide bonds. The zero-order chi connectivity index (χ0) is 22.7. The first-order valence-electron chi connectivity index (χ1n) is 11.2. The van der Waals surface area contributed by atoms with E-state index in [9.17, 15) is 9.59 Å². The van der Waals surface area contributed by atoms with Gasteiger partial charge in [0.2, 0.25) is 11.8 Å². The molecule has 4 aliphatic heterocycles. The van der Waals surface area contributed by atoms with Crippen molar-refractivity contribution in [2.75, 3.05) is 30.0 Å². The minimum atomic E-state index is -0.955. The summed E-state index contributed by atoms with van der Waals surface area (Å²) in [5.74, 6) is 1.04. The first-order chi connectivity index (χ1) is 16.0. The standard InChI is InChI=1S/C27H24N2O4/c1-16-6-5-7-18-10-11-32-22-13-23-20(12-17(22)2)27(15-33-23)19-8-3-4-9-21(19)29(26(27)31)14-24(30)28-25(16)18/h3-9,12-13H,10-11,14-15H2,1-2H3,(H,28,30). The van der Waals surface area contributed by atoms with Gasteiger partial charge in [0.05, 0.1) is 6.61 Å². The molecule has 3 aromatic rings. The van der Waals surface area contributed by atoms with Gasteiger partial charge in [0.25, 0.3) is 0 Å². The Balaban J connectivity index is 1.54. The normalized spacial score (nSPS) is 20.8. The highest BCUT2D eigenvalue weighted by Crippen LogP contribution is 2.53. The summed E-state index contributed by atoms with van der Waals surface area (Å²) in [5.41, 5.74) is 5.22. The summed E-state index contributed by atoms with van der Waals surface area (Å²) in [4.78, 5) is 28.8. The van der Waals surface area contributed by atoms with Crippen molar-refractivity contribution in [1.29, 1.82) is 0 Å². The van der Waals surface area contributed by atoms with Crippen LogP contribution in [0.4, 0.5) is 11.4 Å². The van der Waals surface area contributed by atoms with Crippen molar-refractivity contribution in [3.63, 3.8) is 0 Å². The Kier molecular flexibility index (Phi) is 4.27. The van der Waals surface area contributed by atoms with E-state index < -0.39 is 5.41 Å². The number of hydrogen-bond acceptors (Lipinski definition) is 4. The maximum absolute atomic E-state index is 14.0. The van der Waals surface area contributed by atoms with Gasteiger partial charge in [0.15, 0.2) is 0 Å². The first kappa shape index (κ1) is 19.9. The number of anilines is 2. The number of fused-ring (bicyclic) bond motifs is 6. The molecule has 166 valence electrons. The minimum Gasteiger partial charge on any atom is -0.493 e. The molecular formula is C27H24N2O4. The highest BCUT2D eigenvalue weighted by molar-refractivity contribution is 6.14. The number of carbonyl (C=O) groups excluding carboxylic acids is 2. The summed E-state index contributed by atoms with van der Waals surface area (Å²) < 4.78 is 12.2. The quantitative estimate of drug-likeness (QED) is 0.576. The van der Waals surface area contributed by atoms with E-state index in [0.717, 1.165) is 44.9 Å². The number of benzene rings is 3. The molecule has 6 heteroatoms. The predicted octanol–water partition coefficient (Wildman–Crippen LogP) is 3.90. The zero-order valence-electron chi connectivity index (χ0n) is 18.6. The Morgan fingerprint density at radius 2 is 1.76 bits per heavy atom. The van der Waals surface area contributed by atoms with Crippen LogP contribution < -0.4 is 19.7 Å². The average Bonchev–Trinajstić information content (AvgIpc) is 3.28. The van der Waals surface area contributed by atoms with E-state index in [1.165, 1.54) is 0 Å². The summed E-state index contributed by atoms with van der Waals surface area (Å²) in [5, 5.41) is 3.06. The highest BCUT2D eigenvalue weighted by Gasteiger charge is 2.57. The summed E-state index contributed by atoms with van der Waals surface area (Å²) >= 11 is 0. The van der Waals surface area contributed by atoms with E-state index in [2.05, 4.69) is 5.32 Å². The number of hydrogen-bond donors (Lipinski definition) is 1. The maximum Gasteiger partial charge on any atom is 0.246 e. The SMILES string of the molecule is Cc1cc2c3cc1OCCc1cccc(C)c1NC(=O)CN1C(=O)C2(CO3)c2ccccc21. The van der Waals surface area contributed by atoms with Gasteiger partial charge in [-0.1, -0.05) is 36.4 Å². The van der Waals surface area contributed by atoms with Gasteiger partial charge in [-0.25, -0.2) is 0 Å². The number of nitrogens with one attached hydrogen (secondary N) is 1. The largest absolute Gasteiger partial charge is 0.493 e. The molecule has 7 rings (SSSR count). The van der Waals surface area contributed by atoms with Crippen LogP contribution in [0, 0.1) is 13.8 Å². The van der Waals surface area contributed by atoms with Crippen molar-refractivity contribution in [1.82, 2.24) is 0 Å². The molecule has 4 aliphatic rings. The molecule has 0 aromatic heterocycles. The highest BCUT2D eigenvalue weighted by atomic mass is 16.5. The molecule has 33 heavy (non-hydrogen) atoms. The number of rotatable bonds is 0. The van der Waals surface area contributed by atoms with Crippen molar-refractivity contribution in [2.45, 2.75) is 25.7 Å². The summed E-state index contributed by atoms with van der Waals surface area (Å²) in [6.45, 7) is 4.58. The molecule has 1 unspecified atom stereocenters. The van der Waals surface area contributed by atoms with Gasteiger partial charge >= 0.3 is 0 Å². The van der Waals surface area contributed by atoms with Crippen LogP contribution in [0.1, 0.15) is 27.8 Å². The number of amides is 2. The Bertz CT molecular complexity index is 1330. The van der Waals surface area contributed by atoms with Gasteiger partial charge in [0, 0.05) is 29.4 Å². The third-order valence-corrected chi connectivity index (χ3v) is 7.00. The lowest BCUT2D eigenvalue weighted by Crippen LogP contribution is -2.45. The predicted molar refractivity (Wildman–Crippen MR) is 125 cm³/mol. The fraction of sp³-hybridized carbons (Fsp3) is 0.259. The Morgan fingerprint density at radius 1 is 0.909 bits per heavy atom. The molecule has 1 atom stereocenters. The van der Waals surface area contributed by atoms with Crippen molar-refractivity contribution in [3.05, 3.63) is 82.4 Å². The molecule has 3 aromatic carbocycles. The van der Waals surface area contributed by atoms with Gasteiger partial charge < -0.3 is 19.7 Å². The molecule has 0 radical (unpaired) electrons. The summed E-state index contributed by atoms with van der Waals surface area (Å²) in [7, 11) is 0. The topological polar surface area (TPSA) is 67.9 Å². The number of para-hydroxylation sites is 2. The lowest BCUT2D eigenvalue weighted by Gasteiger charge is -2.23. The Labute approximate surface area is 192 Å². The zero-order valence-corrected chi connectivity index (χ0v) is 18.6. The van der Waals surface area contributed by atoms with Gasteiger partial charge in [-0.15, -0.1) is 0 Å². The third-order valence-electron chi connectivity index (χ3n) is 7.00. The van der Waals surface area contributed by atoms with Gasteiger partial charge in [-0.05, 0) is 48.2 Å². The van der Waals surface area contributed by atoms with E-state index in [0.29, 0.717) is 18.8 Å². The fourth-order valence-corrected chi connectivity index (χ4v) is 5.33. The first-order valence-corrected chi connectivity index (χ1v) is 11.2. The van der Waals surface area contributed by atoms with E-state index in [1.54, 1.807) is 4.90 Å². The molecule has 1 N–H and O–H groups in total. The molecular weight excluding hydrogens is 416 g/mol.